The molecule has 1 aromatic carbocycles. The van der Waals surface area contributed by atoms with Crippen LogP contribution in [0.4, 0.5) is 0 Å². The SMILES string of the molecule is O=C(CCCCO)Oc1cccc(Br)c1. The molecule has 0 fully saturated rings. The number of hydrogen-bond donors (Lipinski definition) is 1. The van der Waals surface area contributed by atoms with Gasteiger partial charge >= 0.3 is 5.97 Å². The van der Waals surface area contributed by atoms with Gasteiger partial charge in [0, 0.05) is 17.5 Å². The Kier molecular flexibility index (Phi) is 5.36. The maximum absolute atomic E-state index is 11.3. The molecule has 1 rings (SSSR count). The average Bonchev–Trinajstić information content (AvgIpc) is 2.18. The predicted molar refractivity (Wildman–Crippen MR) is 60.7 cm³/mol. The first kappa shape index (κ1) is 12.2. The number of carbonyl (C=O) groups excluding carboxylic acids is 1. The molecule has 15 heavy (non-hydrogen) atoms. The lowest BCUT2D eigenvalue weighted by Gasteiger charge is -2.03. The molecule has 1 aromatic rings. The van der Waals surface area contributed by atoms with Gasteiger partial charge in [-0.05, 0) is 31.0 Å². The van der Waals surface area contributed by atoms with E-state index < -0.39 is 0 Å². The van der Waals surface area contributed by atoms with Gasteiger partial charge in [-0.1, -0.05) is 22.0 Å². The highest BCUT2D eigenvalue weighted by Gasteiger charge is 2.04. The van der Waals surface area contributed by atoms with E-state index in [1.165, 1.54) is 0 Å². The van der Waals surface area contributed by atoms with Gasteiger partial charge in [-0.3, -0.25) is 4.79 Å². The molecule has 0 spiro atoms. The Labute approximate surface area is 97.2 Å². The summed E-state index contributed by atoms with van der Waals surface area (Å²) in [5.74, 6) is 0.278. The molecule has 82 valence electrons. The third kappa shape index (κ3) is 4.95. The number of esters is 1. The van der Waals surface area contributed by atoms with E-state index in [-0.39, 0.29) is 12.6 Å². The lowest BCUT2D eigenvalue weighted by Crippen LogP contribution is -2.07. The molecule has 0 heterocycles. The molecule has 0 saturated carbocycles. The molecule has 0 aliphatic rings. The van der Waals surface area contributed by atoms with Crippen LogP contribution in [0.5, 0.6) is 5.75 Å². The van der Waals surface area contributed by atoms with E-state index in [1.54, 1.807) is 18.2 Å². The van der Waals surface area contributed by atoms with Gasteiger partial charge in [-0.25, -0.2) is 0 Å². The number of halogens is 1. The molecular formula is C11H13BrO3. The van der Waals surface area contributed by atoms with Gasteiger partial charge in [0.15, 0.2) is 0 Å². The first-order valence-electron chi connectivity index (χ1n) is 4.79. The number of hydrogen-bond acceptors (Lipinski definition) is 3. The molecule has 0 radical (unpaired) electrons. The van der Waals surface area contributed by atoms with Gasteiger partial charge in [-0.15, -0.1) is 0 Å². The van der Waals surface area contributed by atoms with Gasteiger partial charge < -0.3 is 9.84 Å². The van der Waals surface area contributed by atoms with Crippen molar-refractivity contribution in [1.82, 2.24) is 0 Å². The van der Waals surface area contributed by atoms with E-state index >= 15 is 0 Å². The molecule has 0 aromatic heterocycles. The highest BCUT2D eigenvalue weighted by atomic mass is 79.9. The largest absolute Gasteiger partial charge is 0.426 e. The number of aliphatic hydroxyl groups is 1. The van der Waals surface area contributed by atoms with Gasteiger partial charge in [0.2, 0.25) is 0 Å². The van der Waals surface area contributed by atoms with Crippen LogP contribution in [0.2, 0.25) is 0 Å². The standard InChI is InChI=1S/C11H13BrO3/c12-9-4-3-5-10(8-9)15-11(14)6-1-2-7-13/h3-5,8,13H,1-2,6-7H2. The maximum Gasteiger partial charge on any atom is 0.311 e. The molecule has 3 nitrogen and oxygen atoms in total. The third-order valence-electron chi connectivity index (χ3n) is 1.82. The van der Waals surface area contributed by atoms with Gasteiger partial charge in [0.25, 0.3) is 0 Å². The van der Waals surface area contributed by atoms with Crippen LogP contribution < -0.4 is 4.74 Å². The summed E-state index contributed by atoms with van der Waals surface area (Å²) in [4.78, 5) is 11.3. The normalized spacial score (nSPS) is 10.0. The molecule has 0 saturated heterocycles. The van der Waals surface area contributed by atoms with E-state index in [0.29, 0.717) is 25.0 Å². The molecule has 4 heteroatoms. The van der Waals surface area contributed by atoms with Crippen molar-refractivity contribution in [3.8, 4) is 5.75 Å². The zero-order chi connectivity index (χ0) is 11.1. The molecule has 0 bridgehead atoms. The topological polar surface area (TPSA) is 46.5 Å². The lowest BCUT2D eigenvalue weighted by atomic mass is 10.2. The Balaban J connectivity index is 2.37. The summed E-state index contributed by atoms with van der Waals surface area (Å²) in [5, 5.41) is 8.55. The quantitative estimate of drug-likeness (QED) is 0.509. The minimum Gasteiger partial charge on any atom is -0.426 e. The van der Waals surface area contributed by atoms with Crippen LogP contribution in [0, 0.1) is 0 Å². The zero-order valence-corrected chi connectivity index (χ0v) is 9.87. The monoisotopic (exact) mass is 272 g/mol. The number of rotatable bonds is 5. The Bertz CT molecular complexity index is 325. The van der Waals surface area contributed by atoms with Crippen molar-refractivity contribution in [2.24, 2.45) is 0 Å². The fourth-order valence-corrected chi connectivity index (χ4v) is 1.47. The third-order valence-corrected chi connectivity index (χ3v) is 2.31. The van der Waals surface area contributed by atoms with Crippen LogP contribution in [0.15, 0.2) is 28.7 Å². The summed E-state index contributed by atoms with van der Waals surface area (Å²) in [5.41, 5.74) is 0. The Hall–Kier alpha value is -0.870. The Morgan fingerprint density at radius 3 is 2.87 bits per heavy atom. The smallest absolute Gasteiger partial charge is 0.311 e. The lowest BCUT2D eigenvalue weighted by molar-refractivity contribution is -0.134. The number of aliphatic hydroxyl groups excluding tert-OH is 1. The first-order valence-corrected chi connectivity index (χ1v) is 5.59. The van der Waals surface area contributed by atoms with E-state index in [9.17, 15) is 4.79 Å². The fourth-order valence-electron chi connectivity index (χ4n) is 1.09. The molecule has 0 unspecified atom stereocenters. The van der Waals surface area contributed by atoms with Crippen LogP contribution >= 0.6 is 15.9 Å². The van der Waals surface area contributed by atoms with E-state index in [2.05, 4.69) is 15.9 Å². The van der Waals surface area contributed by atoms with Crippen molar-refractivity contribution in [3.05, 3.63) is 28.7 Å². The second-order valence-electron chi connectivity index (χ2n) is 3.11. The number of carbonyl (C=O) groups is 1. The highest BCUT2D eigenvalue weighted by molar-refractivity contribution is 9.10. The molecule has 0 aliphatic carbocycles. The van der Waals surface area contributed by atoms with E-state index in [1.807, 2.05) is 6.07 Å². The number of benzene rings is 1. The van der Waals surface area contributed by atoms with E-state index in [4.69, 9.17) is 9.84 Å². The molecular weight excluding hydrogens is 260 g/mol. The van der Waals surface area contributed by atoms with Gasteiger partial charge in [0.1, 0.15) is 5.75 Å². The van der Waals surface area contributed by atoms with Gasteiger partial charge in [-0.2, -0.15) is 0 Å². The molecule has 0 aliphatic heterocycles. The minimum atomic E-state index is -0.262. The van der Waals surface area contributed by atoms with Crippen molar-refractivity contribution in [2.45, 2.75) is 19.3 Å². The van der Waals surface area contributed by atoms with Crippen molar-refractivity contribution in [3.63, 3.8) is 0 Å². The Morgan fingerprint density at radius 2 is 2.20 bits per heavy atom. The van der Waals surface area contributed by atoms with Crippen LogP contribution in [0.25, 0.3) is 0 Å². The van der Waals surface area contributed by atoms with E-state index in [0.717, 1.165) is 4.47 Å². The summed E-state index contributed by atoms with van der Waals surface area (Å²) in [6, 6.07) is 7.14. The van der Waals surface area contributed by atoms with Crippen LogP contribution in [0.3, 0.4) is 0 Å². The summed E-state index contributed by atoms with van der Waals surface area (Å²) < 4.78 is 5.97. The summed E-state index contributed by atoms with van der Waals surface area (Å²) in [7, 11) is 0. The second-order valence-corrected chi connectivity index (χ2v) is 4.03. The van der Waals surface area contributed by atoms with Crippen molar-refractivity contribution >= 4 is 21.9 Å². The summed E-state index contributed by atoms with van der Waals surface area (Å²) in [6.07, 6.45) is 1.63. The van der Waals surface area contributed by atoms with Crippen LogP contribution in [-0.4, -0.2) is 17.7 Å². The zero-order valence-electron chi connectivity index (χ0n) is 8.28. The summed E-state index contributed by atoms with van der Waals surface area (Å²) >= 11 is 3.29. The van der Waals surface area contributed by atoms with Gasteiger partial charge in [0.05, 0.1) is 0 Å². The summed E-state index contributed by atoms with van der Waals surface area (Å²) in [6.45, 7) is 0.115. The molecule has 0 atom stereocenters. The molecule has 1 N–H and O–H groups in total. The van der Waals surface area contributed by atoms with Crippen molar-refractivity contribution < 1.29 is 14.6 Å². The number of ether oxygens (including phenoxy) is 1. The van der Waals surface area contributed by atoms with Crippen molar-refractivity contribution in [1.29, 1.82) is 0 Å². The average molecular weight is 273 g/mol. The fraction of sp³-hybridized carbons (Fsp3) is 0.364. The predicted octanol–water partition coefficient (Wildman–Crippen LogP) is 2.52. The second kappa shape index (κ2) is 6.58. The maximum atomic E-state index is 11.3. The Morgan fingerprint density at radius 1 is 1.40 bits per heavy atom. The van der Waals surface area contributed by atoms with Crippen LogP contribution in [-0.2, 0) is 4.79 Å². The van der Waals surface area contributed by atoms with Crippen molar-refractivity contribution in [2.75, 3.05) is 6.61 Å². The minimum absolute atomic E-state index is 0.115. The molecule has 0 amide bonds. The first-order chi connectivity index (χ1) is 7.22. The number of unbranched alkanes of at least 4 members (excludes halogenated alkanes) is 1. The van der Waals surface area contributed by atoms with Crippen LogP contribution in [0.1, 0.15) is 19.3 Å². The highest BCUT2D eigenvalue weighted by Crippen LogP contribution is 2.18.